The maximum Gasteiger partial charge on any atom is 0.410 e. The SMILES string of the molecule is CCOc1ccc(S(=O)(=O)NCCC(=O)NC2CCN(C(=O)OC(C)(C)C)CC2)cc1. The van der Waals surface area contributed by atoms with Gasteiger partial charge in [-0.3, -0.25) is 4.79 Å². The summed E-state index contributed by atoms with van der Waals surface area (Å²) in [7, 11) is -3.70. The monoisotopic (exact) mass is 455 g/mol. The molecule has 0 unspecified atom stereocenters. The Morgan fingerprint density at radius 3 is 2.29 bits per heavy atom. The number of nitrogens with one attached hydrogen (secondary N) is 2. The van der Waals surface area contributed by atoms with Crippen LogP contribution in [0.5, 0.6) is 5.75 Å². The summed E-state index contributed by atoms with van der Waals surface area (Å²) in [4.78, 5) is 26.0. The Hall–Kier alpha value is -2.33. The highest BCUT2D eigenvalue weighted by Gasteiger charge is 2.27. The molecule has 1 aromatic rings. The minimum Gasteiger partial charge on any atom is -0.494 e. The lowest BCUT2D eigenvalue weighted by Crippen LogP contribution is -2.48. The van der Waals surface area contributed by atoms with Crippen LogP contribution in [0.3, 0.4) is 0 Å². The van der Waals surface area contributed by atoms with Crippen molar-refractivity contribution in [3.63, 3.8) is 0 Å². The van der Waals surface area contributed by atoms with Gasteiger partial charge in [-0.2, -0.15) is 0 Å². The highest BCUT2D eigenvalue weighted by molar-refractivity contribution is 7.89. The van der Waals surface area contributed by atoms with Gasteiger partial charge in [0.15, 0.2) is 0 Å². The molecule has 0 radical (unpaired) electrons. The lowest BCUT2D eigenvalue weighted by molar-refractivity contribution is -0.121. The molecule has 0 spiro atoms. The Morgan fingerprint density at radius 2 is 1.74 bits per heavy atom. The lowest BCUT2D eigenvalue weighted by Gasteiger charge is -2.33. The molecule has 2 amide bonds. The van der Waals surface area contributed by atoms with Gasteiger partial charge in [-0.15, -0.1) is 0 Å². The molecule has 31 heavy (non-hydrogen) atoms. The summed E-state index contributed by atoms with van der Waals surface area (Å²) in [6.07, 6.45) is 0.940. The highest BCUT2D eigenvalue weighted by atomic mass is 32.2. The van der Waals surface area contributed by atoms with E-state index >= 15 is 0 Å². The van der Waals surface area contributed by atoms with E-state index in [1.165, 1.54) is 12.1 Å². The maximum absolute atomic E-state index is 12.3. The van der Waals surface area contributed by atoms with Crippen LogP contribution in [-0.2, 0) is 19.6 Å². The number of nitrogens with zero attached hydrogens (tertiary/aromatic N) is 1. The molecule has 1 aliphatic heterocycles. The van der Waals surface area contributed by atoms with E-state index in [1.807, 2.05) is 27.7 Å². The minimum atomic E-state index is -3.70. The number of carbonyl (C=O) groups excluding carboxylic acids is 2. The van der Waals surface area contributed by atoms with Crippen molar-refractivity contribution in [2.75, 3.05) is 26.2 Å². The molecular weight excluding hydrogens is 422 g/mol. The Bertz CT molecular complexity index is 841. The second-order valence-corrected chi connectivity index (χ2v) is 10.1. The van der Waals surface area contributed by atoms with E-state index in [9.17, 15) is 18.0 Å². The average Bonchev–Trinajstić information content (AvgIpc) is 2.68. The van der Waals surface area contributed by atoms with Crippen molar-refractivity contribution >= 4 is 22.0 Å². The van der Waals surface area contributed by atoms with E-state index in [1.54, 1.807) is 17.0 Å². The Morgan fingerprint density at radius 1 is 1.13 bits per heavy atom. The number of piperidine rings is 1. The van der Waals surface area contributed by atoms with Gasteiger partial charge < -0.3 is 19.7 Å². The number of ether oxygens (including phenoxy) is 2. The van der Waals surface area contributed by atoms with Crippen LogP contribution < -0.4 is 14.8 Å². The first-order valence-electron chi connectivity index (χ1n) is 10.5. The van der Waals surface area contributed by atoms with Crippen molar-refractivity contribution in [3.8, 4) is 5.75 Å². The number of hydrogen-bond acceptors (Lipinski definition) is 6. The number of hydrogen-bond donors (Lipinski definition) is 2. The van der Waals surface area contributed by atoms with Gasteiger partial charge in [0.25, 0.3) is 0 Å². The van der Waals surface area contributed by atoms with Crippen LogP contribution >= 0.6 is 0 Å². The fourth-order valence-corrected chi connectivity index (χ4v) is 4.13. The molecule has 2 N–H and O–H groups in total. The number of amides is 2. The van der Waals surface area contributed by atoms with Crippen LogP contribution in [-0.4, -0.2) is 63.2 Å². The van der Waals surface area contributed by atoms with E-state index < -0.39 is 15.6 Å². The molecule has 0 bridgehead atoms. The van der Waals surface area contributed by atoms with E-state index in [0.717, 1.165) is 0 Å². The highest BCUT2D eigenvalue weighted by Crippen LogP contribution is 2.17. The summed E-state index contributed by atoms with van der Waals surface area (Å²) in [5, 5.41) is 2.91. The fraction of sp³-hybridized carbons (Fsp3) is 0.619. The molecule has 9 nitrogen and oxygen atoms in total. The first-order valence-corrected chi connectivity index (χ1v) is 12.0. The summed E-state index contributed by atoms with van der Waals surface area (Å²) in [5.74, 6) is 0.364. The first kappa shape index (κ1) is 24.9. The van der Waals surface area contributed by atoms with Gasteiger partial charge in [0.2, 0.25) is 15.9 Å². The van der Waals surface area contributed by atoms with Gasteiger partial charge in [0.05, 0.1) is 11.5 Å². The lowest BCUT2D eigenvalue weighted by atomic mass is 10.1. The third-order valence-electron chi connectivity index (χ3n) is 4.60. The molecule has 0 saturated carbocycles. The van der Waals surface area contributed by atoms with Gasteiger partial charge in [0, 0.05) is 32.1 Å². The van der Waals surface area contributed by atoms with E-state index in [2.05, 4.69) is 10.0 Å². The molecule has 174 valence electrons. The summed E-state index contributed by atoms with van der Waals surface area (Å²) in [5.41, 5.74) is -0.541. The molecule has 10 heteroatoms. The van der Waals surface area contributed by atoms with Gasteiger partial charge >= 0.3 is 6.09 Å². The maximum atomic E-state index is 12.3. The third kappa shape index (κ3) is 8.37. The van der Waals surface area contributed by atoms with Crippen LogP contribution in [0.25, 0.3) is 0 Å². The number of carbonyl (C=O) groups is 2. The van der Waals surface area contributed by atoms with Crippen molar-refractivity contribution in [1.82, 2.24) is 14.9 Å². The largest absolute Gasteiger partial charge is 0.494 e. The van der Waals surface area contributed by atoms with Crippen LogP contribution in [0.4, 0.5) is 4.79 Å². The second-order valence-electron chi connectivity index (χ2n) is 8.36. The van der Waals surface area contributed by atoms with Crippen molar-refractivity contribution in [1.29, 1.82) is 0 Å². The third-order valence-corrected chi connectivity index (χ3v) is 6.08. The zero-order valence-electron chi connectivity index (χ0n) is 18.6. The normalized spacial score (nSPS) is 15.4. The predicted octanol–water partition coefficient (Wildman–Crippen LogP) is 2.27. The summed E-state index contributed by atoms with van der Waals surface area (Å²) in [6.45, 7) is 8.82. The molecule has 0 atom stereocenters. The van der Waals surface area contributed by atoms with Crippen molar-refractivity contribution in [2.24, 2.45) is 0 Å². The summed E-state index contributed by atoms with van der Waals surface area (Å²) < 4.78 is 37.8. The number of sulfonamides is 1. The molecule has 1 aliphatic rings. The van der Waals surface area contributed by atoms with Crippen LogP contribution in [0.2, 0.25) is 0 Å². The standard InChI is InChI=1S/C21H33N3O6S/c1-5-29-17-6-8-18(9-7-17)31(27,28)22-13-10-19(25)23-16-11-14-24(15-12-16)20(26)30-21(2,3)4/h6-9,16,22H,5,10-15H2,1-4H3,(H,23,25). The topological polar surface area (TPSA) is 114 Å². The van der Waals surface area contributed by atoms with Crippen molar-refractivity contribution in [2.45, 2.75) is 63.5 Å². The van der Waals surface area contributed by atoms with Crippen LogP contribution in [0, 0.1) is 0 Å². The van der Waals surface area contributed by atoms with E-state index in [4.69, 9.17) is 9.47 Å². The molecule has 0 aliphatic carbocycles. The van der Waals surface area contributed by atoms with Crippen LogP contribution in [0.1, 0.15) is 47.0 Å². The molecule has 2 rings (SSSR count). The first-order chi connectivity index (χ1) is 14.5. The quantitative estimate of drug-likeness (QED) is 0.622. The Kier molecular flexibility index (Phi) is 8.69. The molecule has 1 heterocycles. The van der Waals surface area contributed by atoms with Crippen molar-refractivity contribution in [3.05, 3.63) is 24.3 Å². The Labute approximate surface area is 184 Å². The zero-order valence-corrected chi connectivity index (χ0v) is 19.5. The molecule has 1 saturated heterocycles. The fourth-order valence-electron chi connectivity index (χ4n) is 3.10. The van der Waals surface area contributed by atoms with Gasteiger partial charge in [-0.1, -0.05) is 0 Å². The molecule has 1 aromatic carbocycles. The smallest absolute Gasteiger partial charge is 0.410 e. The number of benzene rings is 1. The number of rotatable bonds is 8. The van der Waals surface area contributed by atoms with Gasteiger partial charge in [0.1, 0.15) is 11.4 Å². The molecular formula is C21H33N3O6S. The molecule has 0 aromatic heterocycles. The summed E-state index contributed by atoms with van der Waals surface area (Å²) >= 11 is 0. The second kappa shape index (κ2) is 10.8. The molecule has 1 fully saturated rings. The zero-order chi connectivity index (χ0) is 23.1. The average molecular weight is 456 g/mol. The van der Waals surface area contributed by atoms with E-state index in [-0.39, 0.29) is 35.9 Å². The predicted molar refractivity (Wildman–Crippen MR) is 116 cm³/mol. The Balaban J connectivity index is 1.72. The van der Waals surface area contributed by atoms with Crippen molar-refractivity contribution < 1.29 is 27.5 Å². The van der Waals surface area contributed by atoms with Gasteiger partial charge in [-0.05, 0) is 64.8 Å². The summed E-state index contributed by atoms with van der Waals surface area (Å²) in [6, 6.07) is 6.06. The minimum absolute atomic E-state index is 0.00185. The van der Waals surface area contributed by atoms with E-state index in [0.29, 0.717) is 38.3 Å². The number of likely N-dealkylation sites (tertiary alicyclic amines) is 1. The van der Waals surface area contributed by atoms with Gasteiger partial charge in [-0.25, -0.2) is 17.9 Å². The van der Waals surface area contributed by atoms with Crippen LogP contribution in [0.15, 0.2) is 29.2 Å².